The normalized spacial score (nSPS) is 13.7. The van der Waals surface area contributed by atoms with Crippen molar-refractivity contribution in [2.24, 2.45) is 5.92 Å². The molecule has 4 rings (SSSR count). The summed E-state index contributed by atoms with van der Waals surface area (Å²) in [6.45, 7) is 5.85. The van der Waals surface area contributed by atoms with E-state index in [2.05, 4.69) is 41.5 Å². The van der Waals surface area contributed by atoms with Crippen LogP contribution in [0.25, 0.3) is 16.1 Å². The second kappa shape index (κ2) is 7.60. The molecule has 0 aliphatic heterocycles. The molecule has 2 aromatic heterocycles. The lowest BCUT2D eigenvalue weighted by molar-refractivity contribution is 0.0747. The zero-order chi connectivity index (χ0) is 18.8. The molecule has 1 aliphatic carbocycles. The smallest absolute Gasteiger partial charge is 0.253 e. The first-order valence-corrected chi connectivity index (χ1v) is 10.2. The summed E-state index contributed by atoms with van der Waals surface area (Å²) < 4.78 is 1.60. The Balaban J connectivity index is 1.73. The summed E-state index contributed by atoms with van der Waals surface area (Å²) in [7, 11) is 0. The molecule has 2 heterocycles. The molecule has 7 heteroatoms. The number of benzene rings is 1. The number of amides is 1. The van der Waals surface area contributed by atoms with Gasteiger partial charge in [0.05, 0.1) is 5.69 Å². The molecule has 0 radical (unpaired) electrons. The van der Waals surface area contributed by atoms with Gasteiger partial charge < -0.3 is 4.90 Å². The Bertz CT molecular complexity index is 930. The van der Waals surface area contributed by atoms with E-state index in [9.17, 15) is 4.79 Å². The fourth-order valence-corrected chi connectivity index (χ4v) is 4.07. The number of hydrogen-bond acceptors (Lipinski definition) is 5. The fraction of sp³-hybridized carbons (Fsp3) is 0.400. The number of thiophene rings is 1. The first-order valence-electron chi connectivity index (χ1n) is 9.38. The standard InChI is InChI=1S/C20H23N5OS/c1-3-8-24(12-15-5-6-15)20(26)17-9-16(19-7-4-14(2)27-19)10-18(11-17)25-13-21-22-23-25/h4,7,9-11,13,15H,3,5-6,8,12H2,1-2H3. The highest BCUT2D eigenvalue weighted by atomic mass is 32.1. The first kappa shape index (κ1) is 17.9. The number of hydrogen-bond donors (Lipinski definition) is 0. The van der Waals surface area contributed by atoms with E-state index < -0.39 is 0 Å². The summed E-state index contributed by atoms with van der Waals surface area (Å²) in [5.74, 6) is 0.760. The zero-order valence-electron chi connectivity index (χ0n) is 15.6. The third-order valence-corrected chi connectivity index (χ3v) is 5.81. The molecule has 0 atom stereocenters. The average Bonchev–Trinajstić information content (AvgIpc) is 3.14. The van der Waals surface area contributed by atoms with Gasteiger partial charge in [0.1, 0.15) is 6.33 Å². The van der Waals surface area contributed by atoms with Crippen molar-refractivity contribution >= 4 is 17.2 Å². The summed E-state index contributed by atoms with van der Waals surface area (Å²) in [6.07, 6.45) is 4.99. The predicted molar refractivity (Wildman–Crippen MR) is 106 cm³/mol. The molecule has 140 valence electrons. The van der Waals surface area contributed by atoms with Crippen molar-refractivity contribution in [2.45, 2.75) is 33.1 Å². The summed E-state index contributed by atoms with van der Waals surface area (Å²) in [4.78, 5) is 17.7. The Morgan fingerprint density at radius 1 is 1.30 bits per heavy atom. The molecule has 0 N–H and O–H groups in total. The van der Waals surface area contributed by atoms with Crippen LogP contribution < -0.4 is 0 Å². The van der Waals surface area contributed by atoms with Gasteiger partial charge in [-0.1, -0.05) is 6.92 Å². The van der Waals surface area contributed by atoms with Crippen LogP contribution in [0.15, 0.2) is 36.7 Å². The van der Waals surface area contributed by atoms with Crippen LogP contribution in [-0.4, -0.2) is 44.1 Å². The van der Waals surface area contributed by atoms with E-state index in [-0.39, 0.29) is 5.91 Å². The Kier molecular flexibility index (Phi) is 5.03. The van der Waals surface area contributed by atoms with Crippen LogP contribution in [-0.2, 0) is 0 Å². The van der Waals surface area contributed by atoms with E-state index in [1.165, 1.54) is 17.7 Å². The lowest BCUT2D eigenvalue weighted by Gasteiger charge is -2.22. The Morgan fingerprint density at radius 3 is 2.78 bits per heavy atom. The van der Waals surface area contributed by atoms with Crippen molar-refractivity contribution in [3.8, 4) is 16.1 Å². The monoisotopic (exact) mass is 381 g/mol. The topological polar surface area (TPSA) is 63.9 Å². The van der Waals surface area contributed by atoms with Gasteiger partial charge in [0, 0.05) is 28.4 Å². The highest BCUT2D eigenvalue weighted by Gasteiger charge is 2.27. The highest BCUT2D eigenvalue weighted by molar-refractivity contribution is 7.15. The average molecular weight is 382 g/mol. The number of carbonyl (C=O) groups excluding carboxylic acids is 1. The van der Waals surface area contributed by atoms with Gasteiger partial charge >= 0.3 is 0 Å². The van der Waals surface area contributed by atoms with E-state index >= 15 is 0 Å². The molecule has 1 aromatic carbocycles. The van der Waals surface area contributed by atoms with Gasteiger partial charge in [-0.15, -0.1) is 16.4 Å². The van der Waals surface area contributed by atoms with Crippen LogP contribution in [0.3, 0.4) is 0 Å². The third kappa shape index (κ3) is 4.08. The number of tetrazole rings is 1. The molecule has 6 nitrogen and oxygen atoms in total. The maximum absolute atomic E-state index is 13.3. The van der Waals surface area contributed by atoms with Crippen LogP contribution >= 0.6 is 11.3 Å². The zero-order valence-corrected chi connectivity index (χ0v) is 16.4. The molecule has 27 heavy (non-hydrogen) atoms. The van der Waals surface area contributed by atoms with Crippen LogP contribution in [0.1, 0.15) is 41.4 Å². The minimum Gasteiger partial charge on any atom is -0.338 e. The molecular weight excluding hydrogens is 358 g/mol. The van der Waals surface area contributed by atoms with Gasteiger partial charge in [-0.2, -0.15) is 0 Å². The van der Waals surface area contributed by atoms with Crippen molar-refractivity contribution in [1.82, 2.24) is 25.1 Å². The summed E-state index contributed by atoms with van der Waals surface area (Å²) in [6, 6.07) is 10.1. The van der Waals surface area contributed by atoms with Gasteiger partial charge in [-0.05, 0) is 78.4 Å². The number of carbonyl (C=O) groups is 1. The van der Waals surface area contributed by atoms with Crippen LogP contribution in [0, 0.1) is 12.8 Å². The molecule has 0 saturated heterocycles. The Hall–Kier alpha value is -2.54. The van der Waals surface area contributed by atoms with Crippen molar-refractivity contribution < 1.29 is 4.79 Å². The lowest BCUT2D eigenvalue weighted by Crippen LogP contribution is -2.33. The van der Waals surface area contributed by atoms with Crippen LogP contribution in [0.5, 0.6) is 0 Å². The van der Waals surface area contributed by atoms with Crippen molar-refractivity contribution in [3.05, 3.63) is 47.1 Å². The van der Waals surface area contributed by atoms with Gasteiger partial charge in [-0.3, -0.25) is 4.79 Å². The number of aromatic nitrogens is 4. The second-order valence-electron chi connectivity index (χ2n) is 7.13. The molecule has 0 bridgehead atoms. The summed E-state index contributed by atoms with van der Waals surface area (Å²) in [5.41, 5.74) is 2.51. The molecule has 0 spiro atoms. The van der Waals surface area contributed by atoms with E-state index in [0.717, 1.165) is 35.6 Å². The number of nitrogens with zero attached hydrogens (tertiary/aromatic N) is 5. The molecule has 3 aromatic rings. The lowest BCUT2D eigenvalue weighted by atomic mass is 10.1. The predicted octanol–water partition coefficient (Wildman–Crippen LogP) is 3.96. The van der Waals surface area contributed by atoms with E-state index in [0.29, 0.717) is 11.5 Å². The summed E-state index contributed by atoms with van der Waals surface area (Å²) >= 11 is 1.72. The van der Waals surface area contributed by atoms with Gasteiger partial charge in [0.15, 0.2) is 0 Å². The second-order valence-corrected chi connectivity index (χ2v) is 8.42. The molecule has 1 saturated carbocycles. The van der Waals surface area contributed by atoms with E-state index in [4.69, 9.17) is 0 Å². The quantitative estimate of drug-likeness (QED) is 0.621. The Labute approximate surface area is 162 Å². The van der Waals surface area contributed by atoms with Crippen molar-refractivity contribution in [1.29, 1.82) is 0 Å². The van der Waals surface area contributed by atoms with Crippen molar-refractivity contribution in [3.63, 3.8) is 0 Å². The molecule has 1 fully saturated rings. The minimum atomic E-state index is 0.0909. The molecule has 1 amide bonds. The summed E-state index contributed by atoms with van der Waals surface area (Å²) in [5, 5.41) is 11.5. The number of aryl methyl sites for hydroxylation is 1. The van der Waals surface area contributed by atoms with Crippen molar-refractivity contribution in [2.75, 3.05) is 13.1 Å². The van der Waals surface area contributed by atoms with Gasteiger partial charge in [0.25, 0.3) is 5.91 Å². The third-order valence-electron chi connectivity index (χ3n) is 4.76. The van der Waals surface area contributed by atoms with E-state index in [1.807, 2.05) is 23.1 Å². The van der Waals surface area contributed by atoms with Crippen LogP contribution in [0.4, 0.5) is 0 Å². The first-order chi connectivity index (χ1) is 13.1. The highest BCUT2D eigenvalue weighted by Crippen LogP contribution is 2.32. The van der Waals surface area contributed by atoms with Gasteiger partial charge in [0.2, 0.25) is 0 Å². The minimum absolute atomic E-state index is 0.0909. The molecule has 1 aliphatic rings. The molecule has 0 unspecified atom stereocenters. The maximum atomic E-state index is 13.3. The van der Waals surface area contributed by atoms with Crippen LogP contribution in [0.2, 0.25) is 0 Å². The number of rotatable bonds is 7. The van der Waals surface area contributed by atoms with E-state index in [1.54, 1.807) is 22.3 Å². The largest absolute Gasteiger partial charge is 0.338 e. The van der Waals surface area contributed by atoms with Gasteiger partial charge in [-0.25, -0.2) is 4.68 Å². The Morgan fingerprint density at radius 2 is 2.15 bits per heavy atom. The molecular formula is C20H23N5OS. The SMILES string of the molecule is CCCN(CC1CC1)C(=O)c1cc(-c2ccc(C)s2)cc(-n2cnnn2)c1. The maximum Gasteiger partial charge on any atom is 0.253 e. The fourth-order valence-electron chi connectivity index (χ4n) is 3.22.